The van der Waals surface area contributed by atoms with Gasteiger partial charge < -0.3 is 5.32 Å². The number of hydrogen-bond acceptors (Lipinski definition) is 1. The highest BCUT2D eigenvalue weighted by atomic mass is 19.4. The number of anilines is 1. The van der Waals surface area contributed by atoms with Gasteiger partial charge in [-0.1, -0.05) is 26.7 Å². The molecule has 0 radical (unpaired) electrons. The van der Waals surface area contributed by atoms with Gasteiger partial charge in [0.1, 0.15) is 0 Å². The van der Waals surface area contributed by atoms with Gasteiger partial charge in [-0.2, -0.15) is 26.3 Å². The van der Waals surface area contributed by atoms with Gasteiger partial charge >= 0.3 is 12.4 Å². The minimum absolute atomic E-state index is 0.0318. The van der Waals surface area contributed by atoms with Crippen LogP contribution in [0.25, 0.3) is 0 Å². The summed E-state index contributed by atoms with van der Waals surface area (Å²) in [6, 6.07) is 1.06. The Labute approximate surface area is 136 Å². The molecule has 1 amide bonds. The monoisotopic (exact) mass is 355 g/mol. The number of unbranched alkanes of at least 4 members (excludes halogenated alkanes) is 1. The lowest BCUT2D eigenvalue weighted by molar-refractivity contribution is -0.143. The molecule has 1 rings (SSSR count). The summed E-state index contributed by atoms with van der Waals surface area (Å²) in [5.74, 6) is -1.02. The third-order valence-electron chi connectivity index (χ3n) is 3.62. The van der Waals surface area contributed by atoms with Gasteiger partial charge in [0, 0.05) is 11.6 Å². The number of rotatable bonds is 6. The molecule has 1 aromatic carbocycles. The molecule has 0 heterocycles. The normalized spacial score (nSPS) is 13.7. The fourth-order valence-corrected chi connectivity index (χ4v) is 2.24. The van der Waals surface area contributed by atoms with E-state index in [-0.39, 0.29) is 6.07 Å². The van der Waals surface area contributed by atoms with E-state index >= 15 is 0 Å². The molecule has 0 bridgehead atoms. The summed E-state index contributed by atoms with van der Waals surface area (Å²) in [6.07, 6.45) is -7.30. The third-order valence-corrected chi connectivity index (χ3v) is 3.62. The summed E-state index contributed by atoms with van der Waals surface area (Å²) in [7, 11) is 0. The second kappa shape index (κ2) is 7.90. The first-order valence-corrected chi connectivity index (χ1v) is 7.59. The maximum atomic E-state index is 12.8. The Morgan fingerprint density at radius 1 is 1.00 bits per heavy atom. The Kier molecular flexibility index (Phi) is 6.68. The third kappa shape index (κ3) is 5.72. The molecule has 0 aliphatic carbocycles. The molecular formula is C16H19F6NO. The van der Waals surface area contributed by atoms with Gasteiger partial charge in [-0.05, 0) is 31.0 Å². The lowest BCUT2D eigenvalue weighted by Crippen LogP contribution is -2.23. The van der Waals surface area contributed by atoms with Gasteiger partial charge in [-0.3, -0.25) is 4.79 Å². The van der Waals surface area contributed by atoms with Gasteiger partial charge in [0.05, 0.1) is 11.1 Å². The molecule has 8 heteroatoms. The maximum absolute atomic E-state index is 12.8. The summed E-state index contributed by atoms with van der Waals surface area (Å²) in [5.41, 5.74) is -3.40. The lowest BCUT2D eigenvalue weighted by Gasteiger charge is -2.17. The molecule has 0 spiro atoms. The van der Waals surface area contributed by atoms with Gasteiger partial charge in [-0.25, -0.2) is 0 Å². The highest BCUT2D eigenvalue weighted by molar-refractivity contribution is 5.92. The summed E-state index contributed by atoms with van der Waals surface area (Å²) in [6.45, 7) is 3.67. The van der Waals surface area contributed by atoms with Crippen molar-refractivity contribution in [3.8, 4) is 0 Å². The number of nitrogens with one attached hydrogen (secondary N) is 1. The number of amides is 1. The fraction of sp³-hybridized carbons (Fsp3) is 0.562. The highest BCUT2D eigenvalue weighted by Gasteiger charge is 2.37. The van der Waals surface area contributed by atoms with Crippen molar-refractivity contribution >= 4 is 11.6 Å². The van der Waals surface area contributed by atoms with Crippen LogP contribution in [0.1, 0.15) is 50.7 Å². The van der Waals surface area contributed by atoms with Crippen LogP contribution in [0.15, 0.2) is 18.2 Å². The molecule has 0 aliphatic heterocycles. The average Bonchev–Trinajstić information content (AvgIpc) is 2.46. The van der Waals surface area contributed by atoms with Crippen LogP contribution in [0.5, 0.6) is 0 Å². The zero-order valence-corrected chi connectivity index (χ0v) is 13.3. The molecule has 0 aliphatic rings. The van der Waals surface area contributed by atoms with E-state index in [1.165, 1.54) is 0 Å². The second-order valence-electron chi connectivity index (χ2n) is 5.53. The molecular weight excluding hydrogens is 336 g/mol. The average molecular weight is 355 g/mol. The molecule has 136 valence electrons. The van der Waals surface area contributed by atoms with Crippen LogP contribution < -0.4 is 5.32 Å². The summed E-state index contributed by atoms with van der Waals surface area (Å²) >= 11 is 0. The molecule has 2 nitrogen and oxygen atoms in total. The van der Waals surface area contributed by atoms with Crippen LogP contribution in [-0.2, 0) is 17.1 Å². The van der Waals surface area contributed by atoms with Crippen molar-refractivity contribution in [2.75, 3.05) is 5.32 Å². The van der Waals surface area contributed by atoms with Crippen LogP contribution in [0.3, 0.4) is 0 Å². The fourth-order valence-electron chi connectivity index (χ4n) is 2.24. The molecule has 0 aromatic heterocycles. The van der Waals surface area contributed by atoms with E-state index in [9.17, 15) is 31.1 Å². The number of carbonyl (C=O) groups excluding carboxylic acids is 1. The SMILES string of the molecule is CCCC[C@H](CC)C(=O)Nc1cc(C(F)(F)F)cc(C(F)(F)F)c1. The maximum Gasteiger partial charge on any atom is 0.416 e. The Balaban J connectivity index is 3.12. The molecule has 1 aromatic rings. The van der Waals surface area contributed by atoms with Crippen molar-refractivity contribution in [2.45, 2.75) is 51.9 Å². The van der Waals surface area contributed by atoms with Gasteiger partial charge in [0.2, 0.25) is 5.91 Å². The molecule has 1 N–H and O–H groups in total. The molecule has 0 fully saturated rings. The molecule has 0 unspecified atom stereocenters. The van der Waals surface area contributed by atoms with E-state index in [2.05, 4.69) is 5.32 Å². The van der Waals surface area contributed by atoms with Crippen LogP contribution in [0.2, 0.25) is 0 Å². The van der Waals surface area contributed by atoms with E-state index in [0.717, 1.165) is 12.8 Å². The highest BCUT2D eigenvalue weighted by Crippen LogP contribution is 2.37. The first-order valence-electron chi connectivity index (χ1n) is 7.59. The minimum Gasteiger partial charge on any atom is -0.326 e. The van der Waals surface area contributed by atoms with Gasteiger partial charge in [0.15, 0.2) is 0 Å². The smallest absolute Gasteiger partial charge is 0.326 e. The Hall–Kier alpha value is -1.73. The first kappa shape index (κ1) is 20.3. The summed E-state index contributed by atoms with van der Waals surface area (Å²) < 4.78 is 76.7. The number of halogens is 6. The van der Waals surface area contributed by atoms with Crippen molar-refractivity contribution in [3.05, 3.63) is 29.3 Å². The van der Waals surface area contributed by atoms with Crippen LogP contribution in [0.4, 0.5) is 32.0 Å². The zero-order chi connectivity index (χ0) is 18.5. The molecule has 1 atom stereocenters. The lowest BCUT2D eigenvalue weighted by atomic mass is 9.98. The predicted molar refractivity (Wildman–Crippen MR) is 78.4 cm³/mol. The standard InChI is InChI=1S/C16H19F6NO/c1-3-5-6-10(4-2)14(24)23-13-8-11(15(17,18)19)7-12(9-13)16(20,21)22/h7-10H,3-6H2,1-2H3,(H,23,24)/t10-/m0/s1. The van der Waals surface area contributed by atoms with Gasteiger partial charge in [-0.15, -0.1) is 0 Å². The van der Waals surface area contributed by atoms with E-state index in [0.29, 0.717) is 25.0 Å². The first-order chi connectivity index (χ1) is 11.0. The van der Waals surface area contributed by atoms with Gasteiger partial charge in [0.25, 0.3) is 0 Å². The second-order valence-corrected chi connectivity index (χ2v) is 5.53. The Bertz CT molecular complexity index is 532. The summed E-state index contributed by atoms with van der Waals surface area (Å²) in [5, 5.41) is 2.19. The molecule has 0 saturated heterocycles. The van der Waals surface area contributed by atoms with Crippen molar-refractivity contribution in [1.82, 2.24) is 0 Å². The van der Waals surface area contributed by atoms with Crippen molar-refractivity contribution in [3.63, 3.8) is 0 Å². The van der Waals surface area contributed by atoms with Crippen LogP contribution in [0, 0.1) is 5.92 Å². The van der Waals surface area contributed by atoms with E-state index < -0.39 is 41.0 Å². The Morgan fingerprint density at radius 3 is 1.88 bits per heavy atom. The Morgan fingerprint density at radius 2 is 1.50 bits per heavy atom. The van der Waals surface area contributed by atoms with E-state index in [1.807, 2.05) is 6.92 Å². The minimum atomic E-state index is -4.94. The predicted octanol–water partition coefficient (Wildman–Crippen LogP) is 5.88. The summed E-state index contributed by atoms with van der Waals surface area (Å²) in [4.78, 5) is 12.1. The quantitative estimate of drug-likeness (QED) is 0.635. The van der Waals surface area contributed by atoms with E-state index in [1.54, 1.807) is 6.92 Å². The largest absolute Gasteiger partial charge is 0.416 e. The number of carbonyl (C=O) groups is 1. The number of alkyl halides is 6. The van der Waals surface area contributed by atoms with Crippen molar-refractivity contribution < 1.29 is 31.1 Å². The van der Waals surface area contributed by atoms with Crippen molar-refractivity contribution in [2.24, 2.45) is 5.92 Å². The molecule has 0 saturated carbocycles. The zero-order valence-electron chi connectivity index (χ0n) is 13.3. The number of benzene rings is 1. The topological polar surface area (TPSA) is 29.1 Å². The molecule has 24 heavy (non-hydrogen) atoms. The van der Waals surface area contributed by atoms with Crippen LogP contribution in [-0.4, -0.2) is 5.91 Å². The number of hydrogen-bond donors (Lipinski definition) is 1. The van der Waals surface area contributed by atoms with E-state index in [4.69, 9.17) is 0 Å². The van der Waals surface area contributed by atoms with Crippen molar-refractivity contribution in [1.29, 1.82) is 0 Å². The van der Waals surface area contributed by atoms with Crippen LogP contribution >= 0.6 is 0 Å².